The van der Waals surface area contributed by atoms with E-state index in [1.807, 2.05) is 6.92 Å². The number of rotatable bonds is 0. The molecule has 0 radical (unpaired) electrons. The van der Waals surface area contributed by atoms with Crippen LogP contribution in [0.1, 0.15) is 6.92 Å². The van der Waals surface area contributed by atoms with Crippen LogP contribution < -0.4 is 0 Å². The average molecular weight is 248 g/mol. The second-order valence-corrected chi connectivity index (χ2v) is 6.10. The van der Waals surface area contributed by atoms with Crippen LogP contribution in [-0.2, 0) is 23.8 Å². The lowest BCUT2D eigenvalue weighted by Crippen LogP contribution is -2.51. The lowest BCUT2D eigenvalue weighted by atomic mass is 9.59. The Labute approximate surface area is 103 Å². The Kier molecular flexibility index (Phi) is 1.38. The summed E-state index contributed by atoms with van der Waals surface area (Å²) in [7, 11) is 0. The van der Waals surface area contributed by atoms with E-state index in [2.05, 4.69) is 12.2 Å². The molecule has 0 N–H and O–H groups in total. The highest BCUT2D eigenvalue weighted by atomic mass is 16.6. The summed E-state index contributed by atoms with van der Waals surface area (Å²) in [6.45, 7) is 1.81. The normalized spacial score (nSPS) is 62.4. The van der Waals surface area contributed by atoms with Gasteiger partial charge in [-0.2, -0.15) is 0 Å². The average Bonchev–Trinajstić information content (AvgIpc) is 3.05. The molecule has 5 heteroatoms. The van der Waals surface area contributed by atoms with E-state index >= 15 is 0 Å². The maximum absolute atomic E-state index is 12.0. The van der Waals surface area contributed by atoms with Gasteiger partial charge in [-0.3, -0.25) is 9.59 Å². The van der Waals surface area contributed by atoms with Crippen molar-refractivity contribution < 1.29 is 23.8 Å². The minimum Gasteiger partial charge on any atom is -0.392 e. The number of ether oxygens (including phenoxy) is 3. The summed E-state index contributed by atoms with van der Waals surface area (Å²) in [4.78, 5) is 23.9. The second-order valence-electron chi connectivity index (χ2n) is 6.10. The molecule has 0 aromatic rings. The van der Waals surface area contributed by atoms with Crippen LogP contribution in [0, 0.1) is 23.2 Å². The van der Waals surface area contributed by atoms with Crippen molar-refractivity contribution >= 4 is 11.9 Å². The van der Waals surface area contributed by atoms with E-state index in [1.54, 1.807) is 0 Å². The van der Waals surface area contributed by atoms with E-state index in [4.69, 9.17) is 14.2 Å². The Morgan fingerprint density at radius 1 is 1.11 bits per heavy atom. The molecule has 0 unspecified atom stereocenters. The number of fused-ring (bicyclic) bond motifs is 12. The van der Waals surface area contributed by atoms with E-state index in [0.29, 0.717) is 0 Å². The van der Waals surface area contributed by atoms with E-state index in [1.165, 1.54) is 0 Å². The molecule has 0 saturated carbocycles. The first-order valence-corrected chi connectivity index (χ1v) is 6.38. The van der Waals surface area contributed by atoms with Crippen molar-refractivity contribution in [2.45, 2.75) is 31.3 Å². The largest absolute Gasteiger partial charge is 0.392 e. The van der Waals surface area contributed by atoms with Crippen molar-refractivity contribution in [3.8, 4) is 0 Å². The molecule has 0 aromatic heterocycles. The van der Waals surface area contributed by atoms with Crippen molar-refractivity contribution in [2.75, 3.05) is 0 Å². The van der Waals surface area contributed by atoms with Crippen LogP contribution in [0.4, 0.5) is 0 Å². The summed E-state index contributed by atoms with van der Waals surface area (Å²) in [6, 6.07) is 0. The van der Waals surface area contributed by atoms with Gasteiger partial charge in [0.05, 0.1) is 24.4 Å². The highest BCUT2D eigenvalue weighted by Crippen LogP contribution is 2.65. The molecule has 8 atom stereocenters. The fraction of sp³-hybridized carbons (Fsp3) is 0.692. The number of hydrogen-bond donors (Lipinski definition) is 0. The molecular formula is C13H12O5. The maximum Gasteiger partial charge on any atom is 0.323 e. The third kappa shape index (κ3) is 0.738. The molecule has 5 aliphatic rings. The summed E-state index contributed by atoms with van der Waals surface area (Å²) >= 11 is 0. The van der Waals surface area contributed by atoms with E-state index < -0.39 is 23.3 Å². The summed E-state index contributed by atoms with van der Waals surface area (Å²) in [5, 5.41) is 0. The van der Waals surface area contributed by atoms with Gasteiger partial charge in [0.15, 0.2) is 0 Å². The third-order valence-electron chi connectivity index (χ3n) is 5.49. The Balaban J connectivity index is 1.68. The van der Waals surface area contributed by atoms with Crippen molar-refractivity contribution in [3.05, 3.63) is 12.2 Å². The highest BCUT2D eigenvalue weighted by Gasteiger charge is 2.78. The first-order chi connectivity index (χ1) is 8.62. The van der Waals surface area contributed by atoms with Crippen LogP contribution in [0.3, 0.4) is 0 Å². The fourth-order valence-electron chi connectivity index (χ4n) is 4.75. The Morgan fingerprint density at radius 2 is 1.83 bits per heavy atom. The van der Waals surface area contributed by atoms with Crippen LogP contribution in [0.5, 0.6) is 0 Å². The van der Waals surface area contributed by atoms with Crippen LogP contribution in [0.2, 0.25) is 0 Å². The molecule has 5 aliphatic heterocycles. The molecular weight excluding hydrogens is 236 g/mol. The molecule has 94 valence electrons. The van der Waals surface area contributed by atoms with E-state index in [9.17, 15) is 9.59 Å². The minimum atomic E-state index is -0.801. The van der Waals surface area contributed by atoms with Gasteiger partial charge in [0.25, 0.3) is 0 Å². The van der Waals surface area contributed by atoms with Crippen LogP contribution in [0.25, 0.3) is 0 Å². The molecule has 4 saturated heterocycles. The van der Waals surface area contributed by atoms with Crippen molar-refractivity contribution in [1.82, 2.24) is 0 Å². The molecule has 0 aliphatic carbocycles. The molecule has 5 nitrogen and oxygen atoms in total. The molecule has 4 fully saturated rings. The topological polar surface area (TPSA) is 61.8 Å². The van der Waals surface area contributed by atoms with Gasteiger partial charge in [-0.15, -0.1) is 0 Å². The number of carbonyl (C=O) groups is 2. The standard InChI is InChI=1S/C13H12O5/c1-13-8(11(14)18-12(13)15)9-6-4-2-3-5(16-4)7(6)10(13)17-9/h2-10H,1H3/t4-,5+,6+,7-,8-,9+,10-,13+/m0/s1. The van der Waals surface area contributed by atoms with E-state index in [-0.39, 0.29) is 36.3 Å². The molecule has 0 aromatic carbocycles. The number of esters is 2. The highest BCUT2D eigenvalue weighted by molar-refractivity contribution is 6.00. The molecule has 5 heterocycles. The van der Waals surface area contributed by atoms with Crippen molar-refractivity contribution in [2.24, 2.45) is 23.2 Å². The Hall–Kier alpha value is -1.20. The van der Waals surface area contributed by atoms with Gasteiger partial charge in [-0.25, -0.2) is 0 Å². The minimum absolute atomic E-state index is 0.0382. The monoisotopic (exact) mass is 248 g/mol. The van der Waals surface area contributed by atoms with Crippen LogP contribution in [-0.4, -0.2) is 36.4 Å². The fourth-order valence-corrected chi connectivity index (χ4v) is 4.75. The first kappa shape index (κ1) is 9.69. The lowest BCUT2D eigenvalue weighted by Gasteiger charge is -2.36. The first-order valence-electron chi connectivity index (χ1n) is 6.38. The van der Waals surface area contributed by atoms with Gasteiger partial charge in [0, 0.05) is 11.8 Å². The van der Waals surface area contributed by atoms with Crippen molar-refractivity contribution in [3.63, 3.8) is 0 Å². The molecule has 18 heavy (non-hydrogen) atoms. The Morgan fingerprint density at radius 3 is 2.61 bits per heavy atom. The summed E-state index contributed by atoms with van der Waals surface area (Å²) in [5.41, 5.74) is -0.801. The molecule has 0 spiro atoms. The van der Waals surface area contributed by atoms with Gasteiger partial charge >= 0.3 is 11.9 Å². The Bertz CT molecular complexity index is 525. The SMILES string of the molecule is C[C@@]12C(=O)OC(=O)[C@@H]1[C@@H]1O[C@H]2[C@@H]2[C@H]1[C@@H]1C=C[C@H]2O1. The van der Waals surface area contributed by atoms with Gasteiger partial charge in [-0.1, -0.05) is 12.2 Å². The molecule has 4 bridgehead atoms. The number of carbonyl (C=O) groups excluding carboxylic acids is 2. The van der Waals surface area contributed by atoms with Gasteiger partial charge in [-0.05, 0) is 6.92 Å². The molecule has 5 rings (SSSR count). The van der Waals surface area contributed by atoms with E-state index in [0.717, 1.165) is 0 Å². The maximum atomic E-state index is 12.0. The van der Waals surface area contributed by atoms with Gasteiger partial charge in [0.1, 0.15) is 11.3 Å². The van der Waals surface area contributed by atoms with Crippen LogP contribution in [0.15, 0.2) is 12.2 Å². The van der Waals surface area contributed by atoms with Gasteiger partial charge in [0.2, 0.25) is 0 Å². The second kappa shape index (κ2) is 2.56. The summed E-state index contributed by atoms with van der Waals surface area (Å²) in [6.07, 6.45) is 3.73. The van der Waals surface area contributed by atoms with Crippen LogP contribution >= 0.6 is 0 Å². The predicted octanol–water partition coefficient (Wildman–Crippen LogP) is 0.0429. The van der Waals surface area contributed by atoms with Gasteiger partial charge < -0.3 is 14.2 Å². The zero-order valence-electron chi connectivity index (χ0n) is 9.74. The van der Waals surface area contributed by atoms with Crippen molar-refractivity contribution in [1.29, 1.82) is 0 Å². The summed E-state index contributed by atoms with van der Waals surface area (Å²) < 4.78 is 16.7. The zero-order chi connectivity index (χ0) is 12.2. The smallest absolute Gasteiger partial charge is 0.323 e. The predicted molar refractivity (Wildman–Crippen MR) is 56.1 cm³/mol. The number of hydrogen-bond acceptors (Lipinski definition) is 5. The summed E-state index contributed by atoms with van der Waals surface area (Å²) in [5.74, 6) is -0.866. The zero-order valence-corrected chi connectivity index (χ0v) is 9.74. The molecule has 0 amide bonds. The lowest BCUT2D eigenvalue weighted by molar-refractivity contribution is -0.159. The third-order valence-corrected chi connectivity index (χ3v) is 5.49. The number of cyclic esters (lactones) is 2. The quantitative estimate of drug-likeness (QED) is 0.344.